The molecule has 0 aromatic rings. The maximum absolute atomic E-state index is 12.5. The smallest absolute Gasteiger partial charge is 0.420 e. The van der Waals surface area contributed by atoms with Crippen molar-refractivity contribution in [2.75, 3.05) is 14.1 Å². The number of hydrogen-bond acceptors (Lipinski definition) is 4. The maximum atomic E-state index is 12.5. The highest BCUT2D eigenvalue weighted by molar-refractivity contribution is 5.97. The van der Waals surface area contributed by atoms with Crippen LogP contribution in [0.2, 0.25) is 0 Å². The van der Waals surface area contributed by atoms with Crippen LogP contribution in [0.4, 0.5) is 4.79 Å². The first-order valence-corrected chi connectivity index (χ1v) is 7.61. The molecule has 0 rings (SSSR count). The van der Waals surface area contributed by atoms with E-state index in [9.17, 15) is 4.79 Å². The lowest BCUT2D eigenvalue weighted by molar-refractivity contribution is 0.0414. The summed E-state index contributed by atoms with van der Waals surface area (Å²) in [7, 11) is 3.63. The fourth-order valence-electron chi connectivity index (χ4n) is 1.56. The van der Waals surface area contributed by atoms with E-state index in [0.29, 0.717) is 24.0 Å². The Balaban J connectivity index is 5.34. The van der Waals surface area contributed by atoms with Crippen LogP contribution in [0, 0.1) is 0 Å². The molecule has 0 aliphatic heterocycles. The fraction of sp³-hybridized carbons (Fsp3) is 0.647. The van der Waals surface area contributed by atoms with E-state index < -0.39 is 11.7 Å². The number of carbonyl (C=O) groups excluding carboxylic acids is 1. The van der Waals surface area contributed by atoms with Gasteiger partial charge in [0.15, 0.2) is 0 Å². The first-order chi connectivity index (χ1) is 10.0. The van der Waals surface area contributed by atoms with E-state index in [0.717, 1.165) is 0 Å². The van der Waals surface area contributed by atoms with Crippen molar-refractivity contribution in [2.45, 2.75) is 59.6 Å². The van der Waals surface area contributed by atoms with Crippen molar-refractivity contribution in [3.05, 3.63) is 24.6 Å². The Bertz CT molecular complexity index is 445. The third kappa shape index (κ3) is 6.78. The lowest BCUT2D eigenvalue weighted by Crippen LogP contribution is -2.39. The van der Waals surface area contributed by atoms with Gasteiger partial charge < -0.3 is 9.64 Å². The molecule has 0 atom stereocenters. The summed E-state index contributed by atoms with van der Waals surface area (Å²) in [6.07, 6.45) is 3.84. The number of ether oxygens (including phenoxy) is 1. The number of rotatable bonds is 5. The van der Waals surface area contributed by atoms with Gasteiger partial charge in [-0.3, -0.25) is 4.99 Å². The molecule has 0 N–H and O–H groups in total. The molecule has 0 heterocycles. The van der Waals surface area contributed by atoms with Crippen LogP contribution < -0.4 is 0 Å². The predicted octanol–water partition coefficient (Wildman–Crippen LogP) is 4.03. The Morgan fingerprint density at radius 2 is 1.91 bits per heavy atom. The van der Waals surface area contributed by atoms with Gasteiger partial charge in [0.05, 0.1) is 0 Å². The van der Waals surface area contributed by atoms with Gasteiger partial charge in [-0.1, -0.05) is 13.5 Å². The summed E-state index contributed by atoms with van der Waals surface area (Å²) in [5, 5.41) is 0. The van der Waals surface area contributed by atoms with Crippen LogP contribution in [0.3, 0.4) is 0 Å². The normalized spacial score (nSPS) is 12.7. The highest BCUT2D eigenvalue weighted by atomic mass is 16.6. The second kappa shape index (κ2) is 8.61. The molecule has 1 amide bonds. The minimum absolute atomic E-state index is 0.365. The Morgan fingerprint density at radius 1 is 1.36 bits per heavy atom. The zero-order valence-corrected chi connectivity index (χ0v) is 15.3. The Hall–Kier alpha value is -1.78. The molecule has 0 unspecified atom stereocenters. The molecular formula is C17H31N3O2. The molecule has 0 aromatic heterocycles. The third-order valence-electron chi connectivity index (χ3n) is 3.01. The maximum Gasteiger partial charge on any atom is 0.420 e. The molecule has 5 nitrogen and oxygen atoms in total. The first kappa shape index (κ1) is 20.2. The number of nitrogens with zero attached hydrogens (tertiary/aromatic N) is 3. The van der Waals surface area contributed by atoms with Crippen molar-refractivity contribution in [3.8, 4) is 0 Å². The second-order valence-corrected chi connectivity index (χ2v) is 6.38. The van der Waals surface area contributed by atoms with Crippen molar-refractivity contribution < 1.29 is 9.53 Å². The van der Waals surface area contributed by atoms with Crippen LogP contribution in [0.25, 0.3) is 0 Å². The van der Waals surface area contributed by atoms with Gasteiger partial charge >= 0.3 is 6.09 Å². The van der Waals surface area contributed by atoms with Gasteiger partial charge in [0.1, 0.15) is 11.4 Å². The quantitative estimate of drug-likeness (QED) is 0.437. The topological polar surface area (TPSA) is 45.1 Å². The molecule has 126 valence electrons. The van der Waals surface area contributed by atoms with Crippen LogP contribution in [0.15, 0.2) is 29.5 Å². The minimum atomic E-state index is -0.569. The highest BCUT2D eigenvalue weighted by Gasteiger charge is 2.26. The SMILES string of the molecule is C=C(/C=C\N(C)C(C)C)N(C(=O)OC(C)(C)C)C(CC)=NC. The average Bonchev–Trinajstić information content (AvgIpc) is 2.39. The van der Waals surface area contributed by atoms with Gasteiger partial charge in [0.2, 0.25) is 0 Å². The summed E-state index contributed by atoms with van der Waals surface area (Å²) in [4.78, 5) is 20.1. The van der Waals surface area contributed by atoms with Gasteiger partial charge in [-0.25, -0.2) is 9.69 Å². The molecule has 0 aliphatic rings. The molecule has 0 radical (unpaired) electrons. The van der Waals surface area contributed by atoms with Crippen LogP contribution in [0.1, 0.15) is 48.0 Å². The lowest BCUT2D eigenvalue weighted by Gasteiger charge is -2.28. The van der Waals surface area contributed by atoms with Gasteiger partial charge in [-0.2, -0.15) is 0 Å². The monoisotopic (exact) mass is 309 g/mol. The zero-order chi connectivity index (χ0) is 17.5. The van der Waals surface area contributed by atoms with Crippen LogP contribution in [0.5, 0.6) is 0 Å². The fourth-order valence-corrected chi connectivity index (χ4v) is 1.56. The van der Waals surface area contributed by atoms with E-state index >= 15 is 0 Å². The van der Waals surface area contributed by atoms with Crippen LogP contribution in [-0.4, -0.2) is 47.5 Å². The van der Waals surface area contributed by atoms with E-state index in [-0.39, 0.29) is 0 Å². The van der Waals surface area contributed by atoms with Crippen molar-refractivity contribution in [1.29, 1.82) is 0 Å². The number of amidine groups is 1. The molecule has 0 aliphatic carbocycles. The highest BCUT2D eigenvalue weighted by Crippen LogP contribution is 2.16. The van der Waals surface area contributed by atoms with E-state index in [4.69, 9.17) is 4.74 Å². The molecule has 0 fully saturated rings. The van der Waals surface area contributed by atoms with E-state index in [1.165, 1.54) is 4.90 Å². The number of carbonyl (C=O) groups is 1. The lowest BCUT2D eigenvalue weighted by atomic mass is 10.2. The molecule has 0 aromatic carbocycles. The Labute approximate surface area is 135 Å². The summed E-state index contributed by atoms with van der Waals surface area (Å²) in [6.45, 7) is 15.6. The molecule has 22 heavy (non-hydrogen) atoms. The molecular weight excluding hydrogens is 278 g/mol. The molecule has 0 saturated heterocycles. The van der Waals surface area contributed by atoms with E-state index in [1.54, 1.807) is 13.1 Å². The Kier molecular flexibility index (Phi) is 7.91. The van der Waals surface area contributed by atoms with Crippen molar-refractivity contribution >= 4 is 11.9 Å². The van der Waals surface area contributed by atoms with E-state index in [2.05, 4.69) is 25.4 Å². The third-order valence-corrected chi connectivity index (χ3v) is 3.01. The summed E-state index contributed by atoms with van der Waals surface area (Å²) < 4.78 is 5.46. The standard InChI is InChI=1S/C17H31N3O2/c1-10-15(18-8)20(16(21)22-17(5,6)7)14(4)11-12-19(9)13(2)3/h11-13H,4,10H2,1-3,5-9H3/b12-11-,18-15?. The summed E-state index contributed by atoms with van der Waals surface area (Å²) in [5.74, 6) is 0.621. The first-order valence-electron chi connectivity index (χ1n) is 7.61. The number of allylic oxidation sites excluding steroid dienone is 1. The molecule has 0 saturated carbocycles. The predicted molar refractivity (Wildman–Crippen MR) is 92.9 cm³/mol. The van der Waals surface area contributed by atoms with E-state index in [1.807, 2.05) is 45.8 Å². The number of aliphatic imine (C=N–C) groups is 1. The average molecular weight is 309 g/mol. The molecule has 0 spiro atoms. The van der Waals surface area contributed by atoms with Gasteiger partial charge in [-0.05, 0) is 40.7 Å². The summed E-state index contributed by atoms with van der Waals surface area (Å²) in [6, 6.07) is 0.365. The molecule has 0 bridgehead atoms. The van der Waals surface area contributed by atoms with Crippen molar-refractivity contribution in [3.63, 3.8) is 0 Å². The summed E-state index contributed by atoms with van der Waals surface area (Å²) >= 11 is 0. The zero-order valence-electron chi connectivity index (χ0n) is 15.3. The van der Waals surface area contributed by atoms with Gasteiger partial charge in [-0.15, -0.1) is 0 Å². The van der Waals surface area contributed by atoms with Crippen LogP contribution >= 0.6 is 0 Å². The Morgan fingerprint density at radius 3 is 2.27 bits per heavy atom. The summed E-state index contributed by atoms with van der Waals surface area (Å²) in [5.41, 5.74) is -0.0371. The van der Waals surface area contributed by atoms with Gasteiger partial charge in [0, 0.05) is 38.5 Å². The number of amides is 1. The van der Waals surface area contributed by atoms with Crippen LogP contribution in [-0.2, 0) is 4.74 Å². The number of hydrogen-bond donors (Lipinski definition) is 0. The van der Waals surface area contributed by atoms with Crippen molar-refractivity contribution in [1.82, 2.24) is 9.80 Å². The second-order valence-electron chi connectivity index (χ2n) is 6.38. The minimum Gasteiger partial charge on any atom is -0.443 e. The van der Waals surface area contributed by atoms with Gasteiger partial charge in [0.25, 0.3) is 0 Å². The molecule has 5 heteroatoms. The van der Waals surface area contributed by atoms with Crippen molar-refractivity contribution in [2.24, 2.45) is 4.99 Å². The largest absolute Gasteiger partial charge is 0.443 e.